The van der Waals surface area contributed by atoms with Gasteiger partial charge in [0.1, 0.15) is 28.9 Å². The van der Waals surface area contributed by atoms with Crippen LogP contribution in [0.2, 0.25) is 0 Å². The standard InChI is InChI=1S/C20H13F5N6O2/c21-11-6-15(31-16-14(7-29-31)27-8-28-18(16)26)12(22)5-13(11)30-19(33)17(32)9-2-1-3-10(4-9)20(23,24)25/h1-8,17,32H,(H,30,33)(H2,26,27,28). The van der Waals surface area contributed by atoms with E-state index in [0.29, 0.717) is 12.1 Å². The van der Waals surface area contributed by atoms with Crippen molar-refractivity contribution in [3.8, 4) is 5.69 Å². The number of anilines is 2. The van der Waals surface area contributed by atoms with Crippen LogP contribution in [0.4, 0.5) is 33.5 Å². The highest BCUT2D eigenvalue weighted by Crippen LogP contribution is 2.31. The molecule has 4 rings (SSSR count). The van der Waals surface area contributed by atoms with Crippen LogP contribution in [0.3, 0.4) is 0 Å². The van der Waals surface area contributed by atoms with Crippen LogP contribution < -0.4 is 11.1 Å². The van der Waals surface area contributed by atoms with Crippen molar-refractivity contribution >= 4 is 28.4 Å². The van der Waals surface area contributed by atoms with Gasteiger partial charge in [0.2, 0.25) is 0 Å². The molecule has 1 atom stereocenters. The lowest BCUT2D eigenvalue weighted by Gasteiger charge is -2.15. The highest BCUT2D eigenvalue weighted by molar-refractivity contribution is 5.95. The number of alkyl halides is 3. The van der Waals surface area contributed by atoms with Gasteiger partial charge >= 0.3 is 6.18 Å². The van der Waals surface area contributed by atoms with Crippen molar-refractivity contribution < 1.29 is 31.9 Å². The van der Waals surface area contributed by atoms with E-state index in [9.17, 15) is 31.9 Å². The van der Waals surface area contributed by atoms with Gasteiger partial charge < -0.3 is 16.2 Å². The Hall–Kier alpha value is -4.13. The number of carbonyl (C=O) groups is 1. The van der Waals surface area contributed by atoms with Gasteiger partial charge in [-0.15, -0.1) is 0 Å². The summed E-state index contributed by atoms with van der Waals surface area (Å²) in [5, 5.41) is 16.0. The van der Waals surface area contributed by atoms with Gasteiger partial charge in [-0.05, 0) is 17.7 Å². The molecule has 4 N–H and O–H groups in total. The Morgan fingerprint density at radius 1 is 1.12 bits per heavy atom. The van der Waals surface area contributed by atoms with E-state index in [2.05, 4.69) is 15.1 Å². The zero-order chi connectivity index (χ0) is 23.9. The van der Waals surface area contributed by atoms with Gasteiger partial charge in [-0.3, -0.25) is 4.79 Å². The molecule has 2 aromatic heterocycles. The van der Waals surface area contributed by atoms with E-state index in [-0.39, 0.29) is 28.1 Å². The van der Waals surface area contributed by atoms with Crippen molar-refractivity contribution in [2.24, 2.45) is 0 Å². The highest BCUT2D eigenvalue weighted by Gasteiger charge is 2.31. The van der Waals surface area contributed by atoms with Gasteiger partial charge in [-0.1, -0.05) is 12.1 Å². The maximum absolute atomic E-state index is 14.8. The fourth-order valence-electron chi connectivity index (χ4n) is 3.10. The minimum absolute atomic E-state index is 0.0288. The van der Waals surface area contributed by atoms with E-state index in [0.717, 1.165) is 28.9 Å². The van der Waals surface area contributed by atoms with Gasteiger partial charge in [0.25, 0.3) is 5.91 Å². The number of rotatable bonds is 4. The number of aliphatic hydroxyl groups is 1. The number of nitrogens with one attached hydrogen (secondary N) is 1. The second-order valence-corrected chi connectivity index (χ2v) is 6.85. The third-order valence-corrected chi connectivity index (χ3v) is 4.69. The first-order valence-corrected chi connectivity index (χ1v) is 9.16. The number of nitrogen functional groups attached to an aromatic ring is 1. The first-order valence-electron chi connectivity index (χ1n) is 9.16. The summed E-state index contributed by atoms with van der Waals surface area (Å²) in [4.78, 5) is 20.0. The van der Waals surface area contributed by atoms with Crippen LogP contribution in [-0.2, 0) is 11.0 Å². The zero-order valence-corrected chi connectivity index (χ0v) is 16.3. The Balaban J connectivity index is 1.62. The second kappa shape index (κ2) is 8.09. The van der Waals surface area contributed by atoms with Crippen LogP contribution in [-0.4, -0.2) is 30.8 Å². The van der Waals surface area contributed by atoms with Crippen molar-refractivity contribution in [3.05, 3.63) is 71.7 Å². The highest BCUT2D eigenvalue weighted by atomic mass is 19.4. The number of carbonyl (C=O) groups excluding carboxylic acids is 1. The zero-order valence-electron chi connectivity index (χ0n) is 16.3. The fraction of sp³-hybridized carbons (Fsp3) is 0.100. The number of hydrogen-bond donors (Lipinski definition) is 3. The molecule has 4 aromatic rings. The van der Waals surface area contributed by atoms with E-state index in [1.165, 1.54) is 12.5 Å². The second-order valence-electron chi connectivity index (χ2n) is 6.85. The van der Waals surface area contributed by atoms with Crippen molar-refractivity contribution in [2.75, 3.05) is 11.1 Å². The molecular weight excluding hydrogens is 451 g/mol. The summed E-state index contributed by atoms with van der Waals surface area (Å²) >= 11 is 0. The van der Waals surface area contributed by atoms with E-state index >= 15 is 0 Å². The van der Waals surface area contributed by atoms with Crippen LogP contribution >= 0.6 is 0 Å². The van der Waals surface area contributed by atoms with Crippen molar-refractivity contribution in [1.82, 2.24) is 19.7 Å². The number of nitrogens with zero attached hydrogens (tertiary/aromatic N) is 4. The Kier molecular flexibility index (Phi) is 5.41. The number of aliphatic hydroxyl groups excluding tert-OH is 1. The summed E-state index contributed by atoms with van der Waals surface area (Å²) in [5.74, 6) is -3.41. The van der Waals surface area contributed by atoms with Crippen molar-refractivity contribution in [2.45, 2.75) is 12.3 Å². The average molecular weight is 464 g/mol. The summed E-state index contributed by atoms with van der Waals surface area (Å²) in [6.07, 6.45) is -4.31. The van der Waals surface area contributed by atoms with Gasteiger partial charge in [0.05, 0.1) is 17.4 Å². The molecule has 13 heteroatoms. The molecule has 8 nitrogen and oxygen atoms in total. The number of halogens is 5. The van der Waals surface area contributed by atoms with Crippen LogP contribution in [0.5, 0.6) is 0 Å². The van der Waals surface area contributed by atoms with E-state index in [4.69, 9.17) is 5.73 Å². The topological polar surface area (TPSA) is 119 Å². The lowest BCUT2D eigenvalue weighted by Crippen LogP contribution is -2.22. The molecule has 33 heavy (non-hydrogen) atoms. The van der Waals surface area contributed by atoms with Crippen LogP contribution in [0.1, 0.15) is 17.2 Å². The predicted molar refractivity (Wildman–Crippen MR) is 106 cm³/mol. The molecule has 2 heterocycles. The molecule has 0 aliphatic rings. The summed E-state index contributed by atoms with van der Waals surface area (Å²) < 4.78 is 69.0. The number of aromatic nitrogens is 4. The number of fused-ring (bicyclic) bond motifs is 1. The lowest BCUT2D eigenvalue weighted by molar-refractivity contribution is -0.138. The van der Waals surface area contributed by atoms with Crippen molar-refractivity contribution in [1.29, 1.82) is 0 Å². The molecule has 0 saturated carbocycles. The molecular formula is C20H13F5N6O2. The minimum atomic E-state index is -4.69. The molecule has 0 spiro atoms. The number of hydrogen-bond acceptors (Lipinski definition) is 6. The molecule has 0 fully saturated rings. The monoisotopic (exact) mass is 464 g/mol. The van der Waals surface area contributed by atoms with E-state index < -0.39 is 41.1 Å². The van der Waals surface area contributed by atoms with Gasteiger partial charge in [0, 0.05) is 12.1 Å². The molecule has 0 aliphatic carbocycles. The minimum Gasteiger partial charge on any atom is -0.382 e. The normalized spacial score (nSPS) is 12.7. The van der Waals surface area contributed by atoms with Crippen LogP contribution in [0.15, 0.2) is 48.9 Å². The molecule has 0 bridgehead atoms. The maximum atomic E-state index is 14.8. The first-order chi connectivity index (χ1) is 15.6. The van der Waals surface area contributed by atoms with Gasteiger partial charge in [-0.2, -0.15) is 18.3 Å². The van der Waals surface area contributed by atoms with Crippen molar-refractivity contribution in [3.63, 3.8) is 0 Å². The van der Waals surface area contributed by atoms with E-state index in [1.807, 2.05) is 5.32 Å². The Morgan fingerprint density at radius 3 is 2.61 bits per heavy atom. The molecule has 2 aromatic carbocycles. The smallest absolute Gasteiger partial charge is 0.382 e. The largest absolute Gasteiger partial charge is 0.416 e. The molecule has 170 valence electrons. The average Bonchev–Trinajstić information content (AvgIpc) is 3.20. The number of nitrogens with two attached hydrogens (primary N) is 1. The third kappa shape index (κ3) is 4.17. The van der Waals surface area contributed by atoms with E-state index in [1.54, 1.807) is 0 Å². The Labute approximate surface area is 181 Å². The summed E-state index contributed by atoms with van der Waals surface area (Å²) in [6.45, 7) is 0. The first kappa shape index (κ1) is 22.1. The molecule has 0 radical (unpaired) electrons. The molecule has 1 amide bonds. The fourth-order valence-corrected chi connectivity index (χ4v) is 3.10. The Bertz CT molecular complexity index is 1370. The number of benzene rings is 2. The maximum Gasteiger partial charge on any atom is 0.416 e. The third-order valence-electron chi connectivity index (χ3n) is 4.69. The molecule has 1 unspecified atom stereocenters. The van der Waals surface area contributed by atoms with Gasteiger partial charge in [-0.25, -0.2) is 23.4 Å². The lowest BCUT2D eigenvalue weighted by atomic mass is 10.0. The van der Waals surface area contributed by atoms with Crippen LogP contribution in [0, 0.1) is 11.6 Å². The molecule has 0 aliphatic heterocycles. The van der Waals surface area contributed by atoms with Gasteiger partial charge in [0.15, 0.2) is 17.7 Å². The Morgan fingerprint density at radius 2 is 1.88 bits per heavy atom. The van der Waals surface area contributed by atoms with Crippen LogP contribution in [0.25, 0.3) is 16.7 Å². The molecule has 0 saturated heterocycles. The summed E-state index contributed by atoms with van der Waals surface area (Å²) in [6, 6.07) is 4.80. The number of amides is 1. The quantitative estimate of drug-likeness (QED) is 0.399. The summed E-state index contributed by atoms with van der Waals surface area (Å²) in [5.41, 5.74) is 3.72. The summed E-state index contributed by atoms with van der Waals surface area (Å²) in [7, 11) is 0. The SMILES string of the molecule is Nc1ncnc2cnn(-c3cc(F)c(NC(=O)C(O)c4cccc(C(F)(F)F)c4)cc3F)c12. The predicted octanol–water partition coefficient (Wildman–Crippen LogP) is 3.37.